The molecule has 0 spiro atoms. The summed E-state index contributed by atoms with van der Waals surface area (Å²) in [5, 5.41) is 0. The summed E-state index contributed by atoms with van der Waals surface area (Å²) in [6.45, 7) is 1.70. The number of hydrogen-bond acceptors (Lipinski definition) is 7. The summed E-state index contributed by atoms with van der Waals surface area (Å²) in [5.74, 6) is -1.08. The van der Waals surface area contributed by atoms with E-state index in [2.05, 4.69) is 4.99 Å². The van der Waals surface area contributed by atoms with E-state index >= 15 is 0 Å². The second-order valence-electron chi connectivity index (χ2n) is 5.94. The topological polar surface area (TPSA) is 83.4 Å². The van der Waals surface area contributed by atoms with Crippen LogP contribution in [0.15, 0.2) is 47.1 Å². The van der Waals surface area contributed by atoms with Crippen LogP contribution in [0.2, 0.25) is 0 Å². The second kappa shape index (κ2) is 9.70. The third-order valence-corrected chi connectivity index (χ3v) is 4.72. The molecule has 0 radical (unpaired) electrons. The van der Waals surface area contributed by atoms with E-state index < -0.39 is 17.8 Å². The normalized spacial score (nSPS) is 14.3. The average Bonchev–Trinajstić information content (AvgIpc) is 3.07. The van der Waals surface area contributed by atoms with Crippen LogP contribution in [0.5, 0.6) is 11.5 Å². The van der Waals surface area contributed by atoms with Gasteiger partial charge in [-0.15, -0.1) is 0 Å². The average molecular weight is 525 g/mol. The third kappa shape index (κ3) is 4.96. The number of esters is 2. The van der Waals surface area contributed by atoms with E-state index in [1.807, 2.05) is 22.6 Å². The van der Waals surface area contributed by atoms with Gasteiger partial charge in [0.2, 0.25) is 5.90 Å². The van der Waals surface area contributed by atoms with Crippen molar-refractivity contribution in [3.63, 3.8) is 0 Å². The molecular weight excluding hydrogens is 508 g/mol. The first kappa shape index (κ1) is 21.8. The van der Waals surface area contributed by atoms with Crippen molar-refractivity contribution in [3.8, 4) is 11.5 Å². The van der Waals surface area contributed by atoms with E-state index in [-0.39, 0.29) is 30.4 Å². The Morgan fingerprint density at radius 1 is 1.30 bits per heavy atom. The largest absolute Gasteiger partial charge is 0.493 e. The maximum atomic E-state index is 13.9. The zero-order valence-electron chi connectivity index (χ0n) is 16.1. The Morgan fingerprint density at radius 2 is 2.07 bits per heavy atom. The molecule has 1 heterocycles. The van der Waals surface area contributed by atoms with Crippen LogP contribution in [0, 0.1) is 9.39 Å². The lowest BCUT2D eigenvalue weighted by Gasteiger charge is -2.13. The molecule has 0 bridgehead atoms. The molecule has 0 aliphatic carbocycles. The SMILES string of the molecule is CCOC(=O)COc1c(I)cc(/C=C2\N=C(c3ccccc3F)OC2=O)cc1OC. The van der Waals surface area contributed by atoms with Gasteiger partial charge in [-0.05, 0) is 65.4 Å². The van der Waals surface area contributed by atoms with Gasteiger partial charge < -0.3 is 18.9 Å². The zero-order chi connectivity index (χ0) is 21.7. The van der Waals surface area contributed by atoms with Crippen molar-refractivity contribution in [3.05, 3.63) is 62.6 Å². The van der Waals surface area contributed by atoms with Gasteiger partial charge in [-0.25, -0.2) is 19.0 Å². The van der Waals surface area contributed by atoms with Gasteiger partial charge >= 0.3 is 11.9 Å². The van der Waals surface area contributed by atoms with Gasteiger partial charge in [0.1, 0.15) is 5.82 Å². The molecule has 0 N–H and O–H groups in total. The first-order valence-electron chi connectivity index (χ1n) is 8.86. The molecule has 2 aromatic rings. The van der Waals surface area contributed by atoms with Crippen LogP contribution in [-0.4, -0.2) is 38.2 Å². The molecule has 2 aromatic carbocycles. The highest BCUT2D eigenvalue weighted by Gasteiger charge is 2.26. The second-order valence-corrected chi connectivity index (χ2v) is 7.11. The highest BCUT2D eigenvalue weighted by atomic mass is 127. The maximum Gasteiger partial charge on any atom is 0.363 e. The lowest BCUT2D eigenvalue weighted by Crippen LogP contribution is -2.15. The van der Waals surface area contributed by atoms with E-state index in [1.54, 1.807) is 25.1 Å². The minimum Gasteiger partial charge on any atom is -0.493 e. The van der Waals surface area contributed by atoms with Crippen LogP contribution in [0.25, 0.3) is 6.08 Å². The summed E-state index contributed by atoms with van der Waals surface area (Å²) >= 11 is 2.02. The molecule has 30 heavy (non-hydrogen) atoms. The maximum absolute atomic E-state index is 13.9. The summed E-state index contributed by atoms with van der Waals surface area (Å²) < 4.78 is 35.4. The number of nitrogens with zero attached hydrogens (tertiary/aromatic N) is 1. The molecule has 1 aliphatic heterocycles. The Labute approximate surface area is 185 Å². The third-order valence-electron chi connectivity index (χ3n) is 3.92. The summed E-state index contributed by atoms with van der Waals surface area (Å²) in [6, 6.07) is 9.24. The molecular formula is C21H17FINO6. The molecule has 3 rings (SSSR count). The fourth-order valence-corrected chi connectivity index (χ4v) is 3.39. The molecule has 0 saturated carbocycles. The van der Waals surface area contributed by atoms with Crippen LogP contribution in [0.3, 0.4) is 0 Å². The predicted molar refractivity (Wildman–Crippen MR) is 115 cm³/mol. The molecule has 0 amide bonds. The van der Waals surface area contributed by atoms with Gasteiger partial charge in [-0.1, -0.05) is 12.1 Å². The zero-order valence-corrected chi connectivity index (χ0v) is 18.3. The minimum atomic E-state index is -0.690. The van der Waals surface area contributed by atoms with E-state index in [9.17, 15) is 14.0 Å². The fourth-order valence-electron chi connectivity index (χ4n) is 2.61. The Balaban J connectivity index is 1.88. The molecule has 0 fully saturated rings. The van der Waals surface area contributed by atoms with Crippen LogP contribution in [0.1, 0.15) is 18.1 Å². The smallest absolute Gasteiger partial charge is 0.363 e. The van der Waals surface area contributed by atoms with Crippen LogP contribution in [-0.2, 0) is 19.1 Å². The quantitative estimate of drug-likeness (QED) is 0.312. The van der Waals surface area contributed by atoms with E-state index in [4.69, 9.17) is 18.9 Å². The van der Waals surface area contributed by atoms with Crippen molar-refractivity contribution in [2.45, 2.75) is 6.92 Å². The number of halogens is 2. The number of methoxy groups -OCH3 is 1. The number of carbonyl (C=O) groups is 2. The molecule has 0 aromatic heterocycles. The summed E-state index contributed by atoms with van der Waals surface area (Å²) in [6.07, 6.45) is 1.50. The number of ether oxygens (including phenoxy) is 4. The number of rotatable bonds is 7. The number of aliphatic imine (C=N–C) groups is 1. The van der Waals surface area contributed by atoms with E-state index in [1.165, 1.54) is 31.4 Å². The number of hydrogen-bond donors (Lipinski definition) is 0. The van der Waals surface area contributed by atoms with Gasteiger partial charge in [0.15, 0.2) is 23.8 Å². The first-order valence-corrected chi connectivity index (χ1v) is 9.94. The van der Waals surface area contributed by atoms with Crippen LogP contribution in [0.4, 0.5) is 4.39 Å². The van der Waals surface area contributed by atoms with Crippen molar-refractivity contribution in [2.24, 2.45) is 4.99 Å². The minimum absolute atomic E-state index is 0.0197. The molecule has 9 heteroatoms. The lowest BCUT2D eigenvalue weighted by molar-refractivity contribution is -0.145. The lowest BCUT2D eigenvalue weighted by atomic mass is 10.1. The Bertz CT molecular complexity index is 1050. The highest BCUT2D eigenvalue weighted by Crippen LogP contribution is 2.35. The molecule has 0 atom stereocenters. The molecule has 7 nitrogen and oxygen atoms in total. The Kier molecular flexibility index (Phi) is 7.03. The Morgan fingerprint density at radius 3 is 2.77 bits per heavy atom. The van der Waals surface area contributed by atoms with Crippen molar-refractivity contribution in [1.82, 2.24) is 0 Å². The van der Waals surface area contributed by atoms with Gasteiger partial charge in [0.25, 0.3) is 0 Å². The van der Waals surface area contributed by atoms with Gasteiger partial charge in [0, 0.05) is 0 Å². The Hall–Kier alpha value is -2.95. The van der Waals surface area contributed by atoms with Crippen molar-refractivity contribution < 1.29 is 32.9 Å². The first-order chi connectivity index (χ1) is 14.4. The van der Waals surface area contributed by atoms with Crippen LogP contribution >= 0.6 is 22.6 Å². The molecule has 0 unspecified atom stereocenters. The van der Waals surface area contributed by atoms with Crippen molar-refractivity contribution in [1.29, 1.82) is 0 Å². The van der Waals surface area contributed by atoms with E-state index in [0.717, 1.165) is 0 Å². The fraction of sp³-hybridized carbons (Fsp3) is 0.190. The molecule has 156 valence electrons. The summed E-state index contributed by atoms with van der Waals surface area (Å²) in [4.78, 5) is 27.8. The van der Waals surface area contributed by atoms with Gasteiger partial charge in [0.05, 0.1) is 22.9 Å². The van der Waals surface area contributed by atoms with Gasteiger partial charge in [-0.2, -0.15) is 0 Å². The standard InChI is InChI=1S/C21H17FINO6/c1-3-28-18(25)11-29-19-15(23)8-12(10-17(19)27-2)9-16-21(26)30-20(24-16)13-6-4-5-7-14(13)22/h4-10H,3,11H2,1-2H3/b16-9-. The monoisotopic (exact) mass is 525 g/mol. The molecule has 0 saturated heterocycles. The number of benzene rings is 2. The van der Waals surface area contributed by atoms with Gasteiger partial charge in [-0.3, -0.25) is 0 Å². The predicted octanol–water partition coefficient (Wildman–Crippen LogP) is 3.73. The summed E-state index contributed by atoms with van der Waals surface area (Å²) in [7, 11) is 1.46. The van der Waals surface area contributed by atoms with Crippen LogP contribution < -0.4 is 9.47 Å². The molecule has 1 aliphatic rings. The summed E-state index contributed by atoms with van der Waals surface area (Å²) in [5.41, 5.74) is 0.709. The number of carbonyl (C=O) groups excluding carboxylic acids is 2. The highest BCUT2D eigenvalue weighted by molar-refractivity contribution is 14.1. The van der Waals surface area contributed by atoms with Crippen molar-refractivity contribution >= 4 is 46.5 Å². The number of cyclic esters (lactones) is 1. The van der Waals surface area contributed by atoms with Crippen molar-refractivity contribution in [2.75, 3.05) is 20.3 Å². The van der Waals surface area contributed by atoms with E-state index in [0.29, 0.717) is 20.6 Å².